The number of halogens is 2. The predicted molar refractivity (Wildman–Crippen MR) is 45.6 cm³/mol. The van der Waals surface area contributed by atoms with Crippen LogP contribution in [0.4, 0.5) is 8.78 Å². The van der Waals surface area contributed by atoms with Crippen LogP contribution >= 0.6 is 0 Å². The number of hydrogen-bond donors (Lipinski definition) is 0. The molecule has 66 valence electrons. The molecule has 1 aromatic carbocycles. The Hall–Kier alpha value is -1.69. The monoisotopic (exact) mass is 179 g/mol. The zero-order valence-electron chi connectivity index (χ0n) is 7.01. The van der Waals surface area contributed by atoms with E-state index in [0.717, 1.165) is 18.2 Å². The molecule has 13 heavy (non-hydrogen) atoms. The lowest BCUT2D eigenvalue weighted by Gasteiger charge is -2.01. The van der Waals surface area contributed by atoms with Crippen molar-refractivity contribution in [3.05, 3.63) is 41.5 Å². The first-order valence-electron chi connectivity index (χ1n) is 3.67. The Morgan fingerprint density at radius 2 is 2.15 bits per heavy atom. The number of rotatable bonds is 1. The van der Waals surface area contributed by atoms with E-state index in [0.29, 0.717) is 5.57 Å². The maximum atomic E-state index is 13.0. The number of nitriles is 1. The van der Waals surface area contributed by atoms with E-state index >= 15 is 0 Å². The minimum absolute atomic E-state index is 0.126. The molecule has 0 saturated heterocycles. The van der Waals surface area contributed by atoms with Crippen molar-refractivity contribution >= 4 is 5.57 Å². The maximum Gasteiger partial charge on any atom is 0.130 e. The summed E-state index contributed by atoms with van der Waals surface area (Å²) in [6.45, 7) is 1.56. The first-order chi connectivity index (χ1) is 6.15. The van der Waals surface area contributed by atoms with Crippen LogP contribution in [0.3, 0.4) is 0 Å². The molecule has 3 heteroatoms. The smallest absolute Gasteiger partial charge is 0.130 e. The number of nitrogens with zero attached hydrogens (tertiary/aromatic N) is 1. The normalized spacial score (nSPS) is 11.1. The van der Waals surface area contributed by atoms with Crippen LogP contribution in [-0.2, 0) is 0 Å². The molecular formula is C10H7F2N. The summed E-state index contributed by atoms with van der Waals surface area (Å²) < 4.78 is 25.7. The van der Waals surface area contributed by atoms with Crippen molar-refractivity contribution in [2.75, 3.05) is 0 Å². The van der Waals surface area contributed by atoms with Gasteiger partial charge in [0.1, 0.15) is 11.6 Å². The minimum Gasteiger partial charge on any atom is -0.207 e. The van der Waals surface area contributed by atoms with Crippen molar-refractivity contribution in [1.82, 2.24) is 0 Å². The van der Waals surface area contributed by atoms with E-state index in [9.17, 15) is 8.78 Å². The number of benzene rings is 1. The molecule has 0 aliphatic carbocycles. The first-order valence-corrected chi connectivity index (χ1v) is 3.67. The third kappa shape index (κ3) is 2.12. The SMILES string of the molecule is CC(=CC#N)c1cc(F)ccc1F. The van der Waals surface area contributed by atoms with E-state index in [1.165, 1.54) is 6.08 Å². The van der Waals surface area contributed by atoms with Crippen LogP contribution in [0.15, 0.2) is 24.3 Å². The van der Waals surface area contributed by atoms with Gasteiger partial charge < -0.3 is 0 Å². The Kier molecular flexibility index (Phi) is 2.76. The molecule has 1 nitrogen and oxygen atoms in total. The summed E-state index contributed by atoms with van der Waals surface area (Å²) in [7, 11) is 0. The van der Waals surface area contributed by atoms with Gasteiger partial charge in [0.2, 0.25) is 0 Å². The molecule has 0 radical (unpaired) electrons. The Morgan fingerprint density at radius 1 is 1.46 bits per heavy atom. The largest absolute Gasteiger partial charge is 0.207 e. The van der Waals surface area contributed by atoms with Gasteiger partial charge in [0.15, 0.2) is 0 Å². The highest BCUT2D eigenvalue weighted by Crippen LogP contribution is 2.18. The second-order valence-electron chi connectivity index (χ2n) is 2.58. The Morgan fingerprint density at radius 3 is 2.77 bits per heavy atom. The van der Waals surface area contributed by atoms with Gasteiger partial charge in [0.25, 0.3) is 0 Å². The second-order valence-corrected chi connectivity index (χ2v) is 2.58. The summed E-state index contributed by atoms with van der Waals surface area (Å²) in [5.41, 5.74) is 0.543. The van der Waals surface area contributed by atoms with Crippen molar-refractivity contribution in [3.63, 3.8) is 0 Å². The van der Waals surface area contributed by atoms with Crippen molar-refractivity contribution in [2.45, 2.75) is 6.92 Å². The molecular weight excluding hydrogens is 172 g/mol. The van der Waals surface area contributed by atoms with Gasteiger partial charge in [-0.1, -0.05) is 0 Å². The molecule has 0 aliphatic rings. The molecule has 0 aromatic heterocycles. The second kappa shape index (κ2) is 3.81. The van der Waals surface area contributed by atoms with Crippen LogP contribution < -0.4 is 0 Å². The van der Waals surface area contributed by atoms with Crippen LogP contribution in [0.25, 0.3) is 5.57 Å². The molecule has 0 unspecified atom stereocenters. The molecule has 0 saturated carbocycles. The van der Waals surface area contributed by atoms with Gasteiger partial charge in [0.05, 0.1) is 6.07 Å². The van der Waals surface area contributed by atoms with Gasteiger partial charge >= 0.3 is 0 Å². The topological polar surface area (TPSA) is 23.8 Å². The van der Waals surface area contributed by atoms with Crippen LogP contribution in [-0.4, -0.2) is 0 Å². The van der Waals surface area contributed by atoms with Gasteiger partial charge in [0, 0.05) is 11.6 Å². The quantitative estimate of drug-likeness (QED) is 0.608. The fourth-order valence-electron chi connectivity index (χ4n) is 0.974. The molecule has 0 bridgehead atoms. The average molecular weight is 179 g/mol. The lowest BCUT2D eigenvalue weighted by Crippen LogP contribution is -1.88. The molecule has 0 aliphatic heterocycles. The molecule has 0 fully saturated rings. The summed E-state index contributed by atoms with van der Waals surface area (Å²) in [5, 5.41) is 8.32. The van der Waals surface area contributed by atoms with Gasteiger partial charge in [-0.25, -0.2) is 8.78 Å². The van der Waals surface area contributed by atoms with Crippen LogP contribution in [0.5, 0.6) is 0 Å². The summed E-state index contributed by atoms with van der Waals surface area (Å²) in [6, 6.07) is 4.91. The average Bonchev–Trinajstić information content (AvgIpc) is 2.09. The van der Waals surface area contributed by atoms with E-state index < -0.39 is 11.6 Å². The van der Waals surface area contributed by atoms with E-state index in [1.54, 1.807) is 13.0 Å². The summed E-state index contributed by atoms with van der Waals surface area (Å²) in [5.74, 6) is -1.03. The number of allylic oxidation sites excluding steroid dienone is 2. The first kappa shape index (κ1) is 9.40. The molecule has 1 rings (SSSR count). The minimum atomic E-state index is -0.523. The highest BCUT2D eigenvalue weighted by molar-refractivity contribution is 5.66. The highest BCUT2D eigenvalue weighted by Gasteiger charge is 2.04. The molecule has 1 aromatic rings. The predicted octanol–water partition coefficient (Wildman–Crippen LogP) is 2.89. The zero-order chi connectivity index (χ0) is 9.84. The molecule has 0 spiro atoms. The van der Waals surface area contributed by atoms with Crippen LogP contribution in [0, 0.1) is 23.0 Å². The van der Waals surface area contributed by atoms with Crippen molar-refractivity contribution in [2.24, 2.45) is 0 Å². The van der Waals surface area contributed by atoms with Gasteiger partial charge in [-0.15, -0.1) is 0 Å². The standard InChI is InChI=1S/C10H7F2N/c1-7(4-5-13)9-6-8(11)2-3-10(9)12/h2-4,6H,1H3. The van der Waals surface area contributed by atoms with Crippen molar-refractivity contribution in [3.8, 4) is 6.07 Å². The third-order valence-electron chi connectivity index (χ3n) is 1.63. The fourth-order valence-corrected chi connectivity index (χ4v) is 0.974. The highest BCUT2D eigenvalue weighted by atomic mass is 19.1. The Bertz CT molecular complexity index is 388. The Balaban J connectivity index is 3.22. The summed E-state index contributed by atoms with van der Waals surface area (Å²) in [4.78, 5) is 0. The van der Waals surface area contributed by atoms with Gasteiger partial charge in [-0.05, 0) is 30.7 Å². The lowest BCUT2D eigenvalue weighted by atomic mass is 10.1. The van der Waals surface area contributed by atoms with E-state index in [-0.39, 0.29) is 5.56 Å². The fraction of sp³-hybridized carbons (Fsp3) is 0.100. The van der Waals surface area contributed by atoms with Crippen LogP contribution in [0.2, 0.25) is 0 Å². The summed E-state index contributed by atoms with van der Waals surface area (Å²) >= 11 is 0. The molecule has 0 atom stereocenters. The molecule has 0 amide bonds. The number of hydrogen-bond acceptors (Lipinski definition) is 1. The van der Waals surface area contributed by atoms with E-state index in [4.69, 9.17) is 5.26 Å². The van der Waals surface area contributed by atoms with E-state index in [2.05, 4.69) is 0 Å². The summed E-state index contributed by atoms with van der Waals surface area (Å²) in [6.07, 6.45) is 1.18. The van der Waals surface area contributed by atoms with E-state index in [1.807, 2.05) is 0 Å². The lowest BCUT2D eigenvalue weighted by molar-refractivity contribution is 0.597. The maximum absolute atomic E-state index is 13.0. The van der Waals surface area contributed by atoms with Gasteiger partial charge in [-0.3, -0.25) is 0 Å². The van der Waals surface area contributed by atoms with Crippen molar-refractivity contribution in [1.29, 1.82) is 5.26 Å². The van der Waals surface area contributed by atoms with Gasteiger partial charge in [-0.2, -0.15) is 5.26 Å². The van der Waals surface area contributed by atoms with Crippen LogP contribution in [0.1, 0.15) is 12.5 Å². The Labute approximate surface area is 74.9 Å². The van der Waals surface area contributed by atoms with Crippen molar-refractivity contribution < 1.29 is 8.78 Å². The molecule has 0 N–H and O–H groups in total. The molecule has 0 heterocycles. The zero-order valence-corrected chi connectivity index (χ0v) is 7.01. The third-order valence-corrected chi connectivity index (χ3v) is 1.63.